The highest BCUT2D eigenvalue weighted by Crippen LogP contribution is 2.35. The average Bonchev–Trinajstić information content (AvgIpc) is 3.19. The maximum absolute atomic E-state index is 11.6. The zero-order valence-corrected chi connectivity index (χ0v) is 10.5. The number of carbonyl (C=O) groups is 2. The van der Waals surface area contributed by atoms with Gasteiger partial charge in [-0.1, -0.05) is 12.1 Å². The Hall–Kier alpha value is -1.84. The number of ketones is 1. The highest BCUT2D eigenvalue weighted by molar-refractivity contribution is 5.94. The van der Waals surface area contributed by atoms with Crippen LogP contribution in [0.25, 0.3) is 0 Å². The summed E-state index contributed by atoms with van der Waals surface area (Å²) in [6, 6.07) is 6.86. The molecule has 0 aliphatic heterocycles. The number of ether oxygens (including phenoxy) is 2. The van der Waals surface area contributed by atoms with Crippen molar-refractivity contribution in [3.63, 3.8) is 0 Å². The molecule has 0 saturated heterocycles. The van der Waals surface area contributed by atoms with Gasteiger partial charge in [0.2, 0.25) is 0 Å². The second kappa shape index (κ2) is 5.21. The van der Waals surface area contributed by atoms with Crippen LogP contribution in [0.3, 0.4) is 0 Å². The lowest BCUT2D eigenvalue weighted by atomic mass is 10.1. The molecule has 1 aromatic carbocycles. The van der Waals surface area contributed by atoms with Gasteiger partial charge in [-0.05, 0) is 31.9 Å². The number of rotatable bonds is 5. The molecule has 96 valence electrons. The SMILES string of the molecule is COC(=O)C(Oc1cccc(C(C)=O)c1)C1CC1. The molecule has 0 spiro atoms. The molecule has 4 heteroatoms. The number of carbonyl (C=O) groups excluding carboxylic acids is 2. The number of methoxy groups -OCH3 is 1. The Balaban J connectivity index is 2.13. The molecule has 0 radical (unpaired) electrons. The topological polar surface area (TPSA) is 52.6 Å². The van der Waals surface area contributed by atoms with Gasteiger partial charge in [0.05, 0.1) is 7.11 Å². The fourth-order valence-corrected chi connectivity index (χ4v) is 1.79. The smallest absolute Gasteiger partial charge is 0.347 e. The van der Waals surface area contributed by atoms with Crippen LogP contribution in [0, 0.1) is 5.92 Å². The van der Waals surface area contributed by atoms with Crippen LogP contribution in [0.2, 0.25) is 0 Å². The molecular weight excluding hydrogens is 232 g/mol. The molecule has 0 bridgehead atoms. The first kappa shape index (κ1) is 12.6. The van der Waals surface area contributed by atoms with Crippen LogP contribution in [-0.4, -0.2) is 25.0 Å². The van der Waals surface area contributed by atoms with Crippen molar-refractivity contribution in [3.8, 4) is 5.75 Å². The molecule has 1 saturated carbocycles. The standard InChI is InChI=1S/C14H16O4/c1-9(15)11-4-3-5-12(8-11)18-13(10-6-7-10)14(16)17-2/h3-5,8,10,13H,6-7H2,1-2H3. The molecule has 1 unspecified atom stereocenters. The highest BCUT2D eigenvalue weighted by atomic mass is 16.6. The summed E-state index contributed by atoms with van der Waals surface area (Å²) in [4.78, 5) is 22.9. The van der Waals surface area contributed by atoms with Gasteiger partial charge in [0.25, 0.3) is 0 Å². The Morgan fingerprint density at radius 1 is 1.33 bits per heavy atom. The molecule has 1 aromatic rings. The molecule has 0 N–H and O–H groups in total. The molecule has 1 fully saturated rings. The average molecular weight is 248 g/mol. The quantitative estimate of drug-likeness (QED) is 0.592. The van der Waals surface area contributed by atoms with Crippen LogP contribution in [-0.2, 0) is 9.53 Å². The van der Waals surface area contributed by atoms with Gasteiger partial charge >= 0.3 is 5.97 Å². The van der Waals surface area contributed by atoms with Crippen molar-refractivity contribution in [2.45, 2.75) is 25.9 Å². The molecule has 2 rings (SSSR count). The first-order valence-electron chi connectivity index (χ1n) is 5.97. The first-order chi connectivity index (χ1) is 8.61. The van der Waals surface area contributed by atoms with Crippen LogP contribution in [0.4, 0.5) is 0 Å². The Morgan fingerprint density at radius 2 is 2.06 bits per heavy atom. The van der Waals surface area contributed by atoms with E-state index in [-0.39, 0.29) is 17.7 Å². The number of hydrogen-bond acceptors (Lipinski definition) is 4. The molecule has 0 heterocycles. The third-order valence-electron chi connectivity index (χ3n) is 2.99. The van der Waals surface area contributed by atoms with Gasteiger partial charge in [-0.25, -0.2) is 4.79 Å². The molecule has 18 heavy (non-hydrogen) atoms. The van der Waals surface area contributed by atoms with Gasteiger partial charge in [-0.2, -0.15) is 0 Å². The largest absolute Gasteiger partial charge is 0.478 e. The normalized spacial score (nSPS) is 15.9. The van der Waals surface area contributed by atoms with Crippen molar-refractivity contribution in [1.82, 2.24) is 0 Å². The van der Waals surface area contributed by atoms with E-state index in [2.05, 4.69) is 0 Å². The Morgan fingerprint density at radius 3 is 2.61 bits per heavy atom. The Labute approximate surface area is 106 Å². The summed E-state index contributed by atoms with van der Waals surface area (Å²) in [5.41, 5.74) is 0.576. The van der Waals surface area contributed by atoms with Crippen molar-refractivity contribution in [3.05, 3.63) is 29.8 Å². The predicted octanol–water partition coefficient (Wildman–Crippen LogP) is 2.22. The number of benzene rings is 1. The van der Waals surface area contributed by atoms with E-state index in [1.54, 1.807) is 24.3 Å². The summed E-state index contributed by atoms with van der Waals surface area (Å²) in [5.74, 6) is 0.385. The Kier molecular flexibility index (Phi) is 3.65. The lowest BCUT2D eigenvalue weighted by Gasteiger charge is -2.16. The maximum Gasteiger partial charge on any atom is 0.347 e. The number of Topliss-reactive ketones (excluding diaryl/α,β-unsaturated/α-hetero) is 1. The third-order valence-corrected chi connectivity index (χ3v) is 2.99. The first-order valence-corrected chi connectivity index (χ1v) is 5.97. The summed E-state index contributed by atoms with van der Waals surface area (Å²) < 4.78 is 10.4. The van der Waals surface area contributed by atoms with Crippen molar-refractivity contribution >= 4 is 11.8 Å². The van der Waals surface area contributed by atoms with Crippen LogP contribution in [0.5, 0.6) is 5.75 Å². The van der Waals surface area contributed by atoms with Crippen LogP contribution in [0.1, 0.15) is 30.1 Å². The summed E-state index contributed by atoms with van der Waals surface area (Å²) in [5, 5.41) is 0. The minimum absolute atomic E-state index is 0.0264. The van der Waals surface area contributed by atoms with E-state index in [0.29, 0.717) is 11.3 Å². The van der Waals surface area contributed by atoms with Crippen molar-refractivity contribution in [2.24, 2.45) is 5.92 Å². The van der Waals surface area contributed by atoms with Gasteiger partial charge < -0.3 is 9.47 Å². The van der Waals surface area contributed by atoms with E-state index in [9.17, 15) is 9.59 Å². The van der Waals surface area contributed by atoms with E-state index in [1.807, 2.05) is 0 Å². The fraction of sp³-hybridized carbons (Fsp3) is 0.429. The predicted molar refractivity (Wildman–Crippen MR) is 65.6 cm³/mol. The van der Waals surface area contributed by atoms with Gasteiger partial charge in [0.15, 0.2) is 11.9 Å². The third kappa shape index (κ3) is 2.88. The summed E-state index contributed by atoms with van der Waals surface area (Å²) in [6.07, 6.45) is 1.40. The Bertz CT molecular complexity index is 463. The molecule has 1 aliphatic rings. The van der Waals surface area contributed by atoms with Gasteiger partial charge in [0.1, 0.15) is 5.75 Å². The van der Waals surface area contributed by atoms with Gasteiger partial charge in [-0.15, -0.1) is 0 Å². The molecule has 0 aromatic heterocycles. The number of esters is 1. The zero-order valence-electron chi connectivity index (χ0n) is 10.5. The molecule has 1 aliphatic carbocycles. The second-order valence-electron chi connectivity index (χ2n) is 4.48. The molecule has 4 nitrogen and oxygen atoms in total. The van der Waals surface area contributed by atoms with Crippen LogP contribution in [0.15, 0.2) is 24.3 Å². The molecule has 1 atom stereocenters. The summed E-state index contributed by atoms with van der Waals surface area (Å²) in [6.45, 7) is 1.50. The summed E-state index contributed by atoms with van der Waals surface area (Å²) in [7, 11) is 1.35. The van der Waals surface area contributed by atoms with E-state index in [0.717, 1.165) is 12.8 Å². The van der Waals surface area contributed by atoms with Crippen LogP contribution >= 0.6 is 0 Å². The second-order valence-corrected chi connectivity index (χ2v) is 4.48. The van der Waals surface area contributed by atoms with Crippen molar-refractivity contribution < 1.29 is 19.1 Å². The highest BCUT2D eigenvalue weighted by Gasteiger charge is 2.39. The van der Waals surface area contributed by atoms with E-state index in [4.69, 9.17) is 9.47 Å². The lowest BCUT2D eigenvalue weighted by molar-refractivity contribution is -0.149. The zero-order chi connectivity index (χ0) is 13.1. The fourth-order valence-electron chi connectivity index (χ4n) is 1.79. The minimum Gasteiger partial charge on any atom is -0.478 e. The van der Waals surface area contributed by atoms with E-state index >= 15 is 0 Å². The van der Waals surface area contributed by atoms with Gasteiger partial charge in [-0.3, -0.25) is 4.79 Å². The van der Waals surface area contributed by atoms with E-state index in [1.165, 1.54) is 14.0 Å². The summed E-state index contributed by atoms with van der Waals surface area (Å²) >= 11 is 0. The minimum atomic E-state index is -0.558. The molecule has 0 amide bonds. The lowest BCUT2D eigenvalue weighted by Crippen LogP contribution is -2.30. The van der Waals surface area contributed by atoms with Crippen LogP contribution < -0.4 is 4.74 Å². The van der Waals surface area contributed by atoms with Crippen molar-refractivity contribution in [1.29, 1.82) is 0 Å². The monoisotopic (exact) mass is 248 g/mol. The van der Waals surface area contributed by atoms with Crippen molar-refractivity contribution in [2.75, 3.05) is 7.11 Å². The molecular formula is C14H16O4. The van der Waals surface area contributed by atoms with E-state index < -0.39 is 6.10 Å². The van der Waals surface area contributed by atoms with Gasteiger partial charge in [0, 0.05) is 11.5 Å². The number of hydrogen-bond donors (Lipinski definition) is 0. The maximum atomic E-state index is 11.6.